The molecule has 0 heterocycles. The molecule has 5 heteroatoms. The molecule has 1 nitrogen and oxygen atoms in total. The average Bonchev–Trinajstić information content (AvgIpc) is 2.33. The van der Waals surface area contributed by atoms with Crippen LogP contribution in [0.4, 0.5) is 8.78 Å². The standard InChI is InChI=1S/C13H9BrF2OS/c14-11-6-10(3-1-8(11)7-17)18-13-4-2-9(15)5-12(13)16/h1-6,17H,7H2. The maximum absolute atomic E-state index is 13.5. The Labute approximate surface area is 116 Å². The molecule has 0 amide bonds. The molecule has 0 spiro atoms. The number of aliphatic hydroxyl groups is 1. The van der Waals surface area contributed by atoms with Gasteiger partial charge in [-0.05, 0) is 29.8 Å². The summed E-state index contributed by atoms with van der Waals surface area (Å²) >= 11 is 4.53. The van der Waals surface area contributed by atoms with E-state index in [1.807, 2.05) is 0 Å². The highest BCUT2D eigenvalue weighted by Crippen LogP contribution is 2.32. The zero-order chi connectivity index (χ0) is 13.1. The maximum atomic E-state index is 13.5. The number of benzene rings is 2. The van der Waals surface area contributed by atoms with Crippen LogP contribution in [0.3, 0.4) is 0 Å². The summed E-state index contributed by atoms with van der Waals surface area (Å²) in [5.74, 6) is -1.17. The van der Waals surface area contributed by atoms with E-state index >= 15 is 0 Å². The van der Waals surface area contributed by atoms with Gasteiger partial charge in [-0.2, -0.15) is 0 Å². The number of hydrogen-bond donors (Lipinski definition) is 1. The fraction of sp³-hybridized carbons (Fsp3) is 0.0769. The van der Waals surface area contributed by atoms with Crippen LogP contribution in [-0.2, 0) is 6.61 Å². The van der Waals surface area contributed by atoms with E-state index in [4.69, 9.17) is 5.11 Å². The summed E-state index contributed by atoms with van der Waals surface area (Å²) in [5, 5.41) is 9.04. The first-order chi connectivity index (χ1) is 8.60. The summed E-state index contributed by atoms with van der Waals surface area (Å²) < 4.78 is 27.0. The molecule has 0 fully saturated rings. The molecule has 2 aromatic carbocycles. The minimum absolute atomic E-state index is 0.0591. The van der Waals surface area contributed by atoms with E-state index in [2.05, 4.69) is 15.9 Å². The molecule has 0 saturated heterocycles. The van der Waals surface area contributed by atoms with Gasteiger partial charge in [0.15, 0.2) is 0 Å². The Kier molecular flexibility index (Phi) is 4.37. The van der Waals surface area contributed by atoms with Crippen molar-refractivity contribution in [1.82, 2.24) is 0 Å². The largest absolute Gasteiger partial charge is 0.392 e. The molecule has 0 unspecified atom stereocenters. The minimum Gasteiger partial charge on any atom is -0.392 e. The molecular formula is C13H9BrF2OS. The van der Waals surface area contributed by atoms with Crippen LogP contribution in [0.15, 0.2) is 50.7 Å². The van der Waals surface area contributed by atoms with Gasteiger partial charge in [0.1, 0.15) is 11.6 Å². The lowest BCUT2D eigenvalue weighted by molar-refractivity contribution is 0.281. The molecule has 0 radical (unpaired) electrons. The van der Waals surface area contributed by atoms with Crippen molar-refractivity contribution in [3.05, 3.63) is 58.1 Å². The number of halogens is 3. The predicted molar refractivity (Wildman–Crippen MR) is 70.5 cm³/mol. The zero-order valence-corrected chi connectivity index (χ0v) is 11.6. The summed E-state index contributed by atoms with van der Waals surface area (Å²) in [4.78, 5) is 1.17. The monoisotopic (exact) mass is 330 g/mol. The van der Waals surface area contributed by atoms with Crippen molar-refractivity contribution in [2.24, 2.45) is 0 Å². The first kappa shape index (κ1) is 13.5. The van der Waals surface area contributed by atoms with Gasteiger partial charge >= 0.3 is 0 Å². The Morgan fingerprint density at radius 1 is 1.11 bits per heavy atom. The van der Waals surface area contributed by atoms with Crippen molar-refractivity contribution < 1.29 is 13.9 Å². The van der Waals surface area contributed by atoms with E-state index in [-0.39, 0.29) is 6.61 Å². The highest BCUT2D eigenvalue weighted by Gasteiger charge is 2.07. The van der Waals surface area contributed by atoms with Crippen LogP contribution in [-0.4, -0.2) is 5.11 Å². The van der Waals surface area contributed by atoms with Crippen molar-refractivity contribution in [3.63, 3.8) is 0 Å². The van der Waals surface area contributed by atoms with Gasteiger partial charge in [-0.15, -0.1) is 0 Å². The second-order valence-corrected chi connectivity index (χ2v) is 5.56. The summed E-state index contributed by atoms with van der Waals surface area (Å²) in [6.45, 7) is -0.0591. The molecule has 1 N–H and O–H groups in total. The van der Waals surface area contributed by atoms with Crippen LogP contribution >= 0.6 is 27.7 Å². The van der Waals surface area contributed by atoms with Gasteiger partial charge in [0.05, 0.1) is 6.61 Å². The van der Waals surface area contributed by atoms with Gasteiger partial charge in [-0.3, -0.25) is 0 Å². The Bertz CT molecular complexity index is 575. The second-order valence-electron chi connectivity index (χ2n) is 3.59. The fourth-order valence-electron chi connectivity index (χ4n) is 1.40. The SMILES string of the molecule is OCc1ccc(Sc2ccc(F)cc2F)cc1Br. The molecule has 94 valence electrons. The molecule has 0 aromatic heterocycles. The lowest BCUT2D eigenvalue weighted by Crippen LogP contribution is -1.87. The Balaban J connectivity index is 2.26. The third kappa shape index (κ3) is 3.10. The molecule has 2 aromatic rings. The number of hydrogen-bond acceptors (Lipinski definition) is 2. The zero-order valence-electron chi connectivity index (χ0n) is 9.16. The van der Waals surface area contributed by atoms with E-state index < -0.39 is 11.6 Å². The normalized spacial score (nSPS) is 10.7. The van der Waals surface area contributed by atoms with Gasteiger partial charge in [-0.1, -0.05) is 33.8 Å². The number of aliphatic hydroxyl groups excluding tert-OH is 1. The van der Waals surface area contributed by atoms with Gasteiger partial charge in [0.2, 0.25) is 0 Å². The van der Waals surface area contributed by atoms with E-state index in [9.17, 15) is 8.78 Å². The highest BCUT2D eigenvalue weighted by atomic mass is 79.9. The molecule has 0 bridgehead atoms. The van der Waals surface area contributed by atoms with Crippen LogP contribution in [0.1, 0.15) is 5.56 Å². The van der Waals surface area contributed by atoms with Crippen molar-refractivity contribution in [2.75, 3.05) is 0 Å². The molecule has 0 saturated carbocycles. The first-order valence-electron chi connectivity index (χ1n) is 5.12. The van der Waals surface area contributed by atoms with Gasteiger partial charge in [0.25, 0.3) is 0 Å². The lowest BCUT2D eigenvalue weighted by atomic mass is 10.2. The Morgan fingerprint density at radius 3 is 2.50 bits per heavy atom. The smallest absolute Gasteiger partial charge is 0.140 e. The minimum atomic E-state index is -0.589. The van der Waals surface area contributed by atoms with Gasteiger partial charge < -0.3 is 5.11 Å². The highest BCUT2D eigenvalue weighted by molar-refractivity contribution is 9.10. The second kappa shape index (κ2) is 5.82. The van der Waals surface area contributed by atoms with Crippen molar-refractivity contribution >= 4 is 27.7 Å². The van der Waals surface area contributed by atoms with Gasteiger partial charge in [0, 0.05) is 20.3 Å². The first-order valence-corrected chi connectivity index (χ1v) is 6.73. The maximum Gasteiger partial charge on any atom is 0.140 e. The average molecular weight is 331 g/mol. The summed E-state index contributed by atoms with van der Waals surface area (Å²) in [7, 11) is 0. The van der Waals surface area contributed by atoms with Crippen molar-refractivity contribution in [3.8, 4) is 0 Å². The van der Waals surface area contributed by atoms with E-state index in [1.54, 1.807) is 18.2 Å². The van der Waals surface area contributed by atoms with Crippen LogP contribution in [0, 0.1) is 11.6 Å². The number of rotatable bonds is 3. The lowest BCUT2D eigenvalue weighted by Gasteiger charge is -2.06. The fourth-order valence-corrected chi connectivity index (χ4v) is 2.92. The Hall–Kier alpha value is -0.910. The molecule has 2 rings (SSSR count). The molecule has 0 atom stereocenters. The van der Waals surface area contributed by atoms with E-state index in [0.717, 1.165) is 21.0 Å². The molecular weight excluding hydrogens is 322 g/mol. The molecule has 0 aliphatic carbocycles. The third-order valence-electron chi connectivity index (χ3n) is 2.32. The molecule has 0 aliphatic heterocycles. The summed E-state index contributed by atoms with van der Waals surface area (Å²) in [5.41, 5.74) is 0.763. The summed E-state index contributed by atoms with van der Waals surface area (Å²) in [6, 6.07) is 8.82. The third-order valence-corrected chi connectivity index (χ3v) is 4.10. The van der Waals surface area contributed by atoms with Gasteiger partial charge in [-0.25, -0.2) is 8.78 Å². The molecule has 0 aliphatic rings. The Morgan fingerprint density at radius 2 is 1.89 bits per heavy atom. The predicted octanol–water partition coefficient (Wildman–Crippen LogP) is 4.37. The van der Waals surface area contributed by atoms with Crippen LogP contribution < -0.4 is 0 Å². The van der Waals surface area contributed by atoms with E-state index in [1.165, 1.54) is 23.9 Å². The van der Waals surface area contributed by atoms with Crippen molar-refractivity contribution in [2.45, 2.75) is 16.4 Å². The van der Waals surface area contributed by atoms with Crippen molar-refractivity contribution in [1.29, 1.82) is 0 Å². The topological polar surface area (TPSA) is 20.2 Å². The van der Waals surface area contributed by atoms with Crippen LogP contribution in [0.5, 0.6) is 0 Å². The quantitative estimate of drug-likeness (QED) is 0.901. The van der Waals surface area contributed by atoms with E-state index in [0.29, 0.717) is 4.90 Å². The summed E-state index contributed by atoms with van der Waals surface area (Å²) in [6.07, 6.45) is 0. The van der Waals surface area contributed by atoms with Crippen LogP contribution in [0.25, 0.3) is 0 Å². The molecule has 18 heavy (non-hydrogen) atoms. The van der Waals surface area contributed by atoms with Crippen LogP contribution in [0.2, 0.25) is 0 Å².